The van der Waals surface area contributed by atoms with Crippen molar-refractivity contribution in [2.45, 2.75) is 31.9 Å². The number of thioether (sulfide) groups is 1. The number of carboxylic acids is 1. The summed E-state index contributed by atoms with van der Waals surface area (Å²) < 4.78 is 15.5. The van der Waals surface area contributed by atoms with Gasteiger partial charge in [-0.3, -0.25) is 0 Å². The number of rotatable bonds is 6. The highest BCUT2D eigenvalue weighted by molar-refractivity contribution is 7.99. The Bertz CT molecular complexity index is 685. The summed E-state index contributed by atoms with van der Waals surface area (Å²) in [5, 5.41) is 14.2. The Balaban J connectivity index is 2.62. The Morgan fingerprint density at radius 3 is 2.68 bits per heavy atom. The van der Waals surface area contributed by atoms with Gasteiger partial charge >= 0.3 is 5.97 Å². The lowest BCUT2D eigenvalue weighted by atomic mass is 10.1. The summed E-state index contributed by atoms with van der Waals surface area (Å²) in [6, 6.07) is 6.27. The van der Waals surface area contributed by atoms with Gasteiger partial charge < -0.3 is 5.11 Å². The molecule has 1 unspecified atom stereocenters. The number of nitrogens with zero attached hydrogens (tertiary/aromatic N) is 2. The Morgan fingerprint density at radius 1 is 1.45 bits per heavy atom. The lowest BCUT2D eigenvalue weighted by Crippen LogP contribution is -2.08. The van der Waals surface area contributed by atoms with Gasteiger partial charge in [0.05, 0.1) is 11.4 Å². The Hall–Kier alpha value is -1.82. The van der Waals surface area contributed by atoms with E-state index in [1.807, 2.05) is 20.1 Å². The first-order chi connectivity index (χ1) is 10.5. The van der Waals surface area contributed by atoms with Crippen molar-refractivity contribution in [3.63, 3.8) is 0 Å². The molecule has 0 radical (unpaired) electrons. The number of carbonyl (C=O) groups is 1. The fourth-order valence-electron chi connectivity index (χ4n) is 2.40. The molecule has 0 spiro atoms. The second-order valence-corrected chi connectivity index (χ2v) is 6.32. The topological polar surface area (TPSA) is 55.1 Å². The Labute approximate surface area is 133 Å². The van der Waals surface area contributed by atoms with Crippen LogP contribution >= 0.6 is 11.8 Å². The monoisotopic (exact) mass is 322 g/mol. The fourth-order valence-corrected chi connectivity index (χ4v) is 2.72. The molecule has 0 saturated heterocycles. The normalized spacial score (nSPS) is 12.4. The van der Waals surface area contributed by atoms with E-state index < -0.39 is 11.8 Å². The maximum Gasteiger partial charge on any atom is 0.339 e. The number of aromatic nitrogens is 2. The number of benzene rings is 1. The molecule has 1 N–H and O–H groups in total. The highest BCUT2D eigenvalue weighted by Gasteiger charge is 2.24. The van der Waals surface area contributed by atoms with Gasteiger partial charge in [-0.05, 0) is 24.8 Å². The van der Waals surface area contributed by atoms with Crippen LogP contribution in [0.5, 0.6) is 0 Å². The first-order valence-corrected chi connectivity index (χ1v) is 8.40. The maximum atomic E-state index is 14.1. The third-order valence-corrected chi connectivity index (χ3v) is 4.54. The third-order valence-electron chi connectivity index (χ3n) is 3.57. The molecule has 1 aromatic carbocycles. The smallest absolute Gasteiger partial charge is 0.339 e. The van der Waals surface area contributed by atoms with Crippen LogP contribution in [0.3, 0.4) is 0 Å². The second kappa shape index (κ2) is 6.96. The molecule has 4 nitrogen and oxygen atoms in total. The zero-order valence-electron chi connectivity index (χ0n) is 12.8. The number of hydrogen-bond acceptors (Lipinski definition) is 3. The van der Waals surface area contributed by atoms with Crippen molar-refractivity contribution in [2.75, 3.05) is 6.26 Å². The molecule has 6 heteroatoms. The number of aromatic carboxylic acids is 1. The average Bonchev–Trinajstić information content (AvgIpc) is 2.85. The van der Waals surface area contributed by atoms with Gasteiger partial charge in [-0.25, -0.2) is 13.9 Å². The van der Waals surface area contributed by atoms with E-state index >= 15 is 0 Å². The van der Waals surface area contributed by atoms with Crippen LogP contribution in [0.4, 0.5) is 4.39 Å². The second-order valence-electron chi connectivity index (χ2n) is 5.04. The summed E-state index contributed by atoms with van der Waals surface area (Å²) in [7, 11) is 0. The van der Waals surface area contributed by atoms with E-state index in [9.17, 15) is 14.3 Å². The summed E-state index contributed by atoms with van der Waals surface area (Å²) in [6.07, 6.45) is 2.98. The van der Waals surface area contributed by atoms with Crippen molar-refractivity contribution < 1.29 is 14.3 Å². The molecule has 2 rings (SSSR count). The summed E-state index contributed by atoms with van der Waals surface area (Å²) in [5.74, 6) is -1.43. The van der Waals surface area contributed by atoms with Gasteiger partial charge in [0.15, 0.2) is 0 Å². The lowest BCUT2D eigenvalue weighted by Gasteiger charge is -2.07. The van der Waals surface area contributed by atoms with Crippen LogP contribution < -0.4 is 0 Å². The zero-order valence-corrected chi connectivity index (χ0v) is 13.7. The van der Waals surface area contributed by atoms with Gasteiger partial charge in [0, 0.05) is 11.7 Å². The predicted molar refractivity (Wildman–Crippen MR) is 86.5 cm³/mol. The van der Waals surface area contributed by atoms with Crippen molar-refractivity contribution >= 4 is 17.7 Å². The minimum absolute atomic E-state index is 0.201. The van der Waals surface area contributed by atoms with Crippen LogP contribution in [0.1, 0.15) is 35.6 Å². The van der Waals surface area contributed by atoms with Crippen LogP contribution in [0, 0.1) is 5.82 Å². The molecule has 0 aliphatic rings. The van der Waals surface area contributed by atoms with E-state index in [1.165, 1.54) is 10.7 Å². The van der Waals surface area contributed by atoms with Crippen molar-refractivity contribution in [1.29, 1.82) is 0 Å². The Kier molecular flexibility index (Phi) is 5.24. The van der Waals surface area contributed by atoms with E-state index in [0.29, 0.717) is 24.2 Å². The number of hydrogen-bond donors (Lipinski definition) is 1. The molecule has 0 aliphatic heterocycles. The summed E-state index contributed by atoms with van der Waals surface area (Å²) >= 11 is 1.65. The number of halogens is 1. The Morgan fingerprint density at radius 2 is 2.14 bits per heavy atom. The molecule has 0 aliphatic carbocycles. The highest BCUT2D eigenvalue weighted by Crippen LogP contribution is 2.24. The van der Waals surface area contributed by atoms with Crippen LogP contribution in [0.2, 0.25) is 0 Å². The standard InChI is InChI=1S/C16H19FN2O2S/c1-4-13-15(16(20)21)12(9-10(2)22-3)18-19(13)14-8-6-5-7-11(14)17/h5-8,10H,4,9H2,1-3H3,(H,20,21). The van der Waals surface area contributed by atoms with Crippen molar-refractivity contribution in [1.82, 2.24) is 9.78 Å². The summed E-state index contributed by atoms with van der Waals surface area (Å²) in [5.41, 5.74) is 1.52. The molecule has 0 saturated carbocycles. The van der Waals surface area contributed by atoms with E-state index in [2.05, 4.69) is 5.10 Å². The number of carboxylic acid groups (broad SMARTS) is 1. The molecule has 1 aromatic heterocycles. The van der Waals surface area contributed by atoms with E-state index in [-0.39, 0.29) is 16.5 Å². The molecular weight excluding hydrogens is 303 g/mol. The molecule has 2 aromatic rings. The molecule has 0 bridgehead atoms. The van der Waals surface area contributed by atoms with Gasteiger partial charge in [-0.1, -0.05) is 26.0 Å². The first kappa shape index (κ1) is 16.5. The summed E-state index contributed by atoms with van der Waals surface area (Å²) in [4.78, 5) is 11.6. The van der Waals surface area contributed by atoms with Crippen LogP contribution in [-0.2, 0) is 12.8 Å². The maximum absolute atomic E-state index is 14.1. The van der Waals surface area contributed by atoms with Crippen LogP contribution in [0.15, 0.2) is 24.3 Å². The minimum atomic E-state index is -1.01. The van der Waals surface area contributed by atoms with Gasteiger partial charge in [-0.2, -0.15) is 16.9 Å². The van der Waals surface area contributed by atoms with E-state index in [4.69, 9.17) is 0 Å². The largest absolute Gasteiger partial charge is 0.478 e. The van der Waals surface area contributed by atoms with E-state index in [1.54, 1.807) is 30.0 Å². The van der Waals surface area contributed by atoms with Crippen LogP contribution in [-0.4, -0.2) is 32.4 Å². The number of para-hydroxylation sites is 1. The SMILES string of the molecule is CCc1c(C(=O)O)c(CC(C)SC)nn1-c1ccccc1F. The average molecular weight is 322 g/mol. The molecule has 1 atom stereocenters. The van der Waals surface area contributed by atoms with Crippen molar-refractivity contribution in [3.8, 4) is 5.69 Å². The predicted octanol–water partition coefficient (Wildman–Crippen LogP) is 3.57. The lowest BCUT2D eigenvalue weighted by molar-refractivity contribution is 0.0694. The van der Waals surface area contributed by atoms with Gasteiger partial charge in [0.1, 0.15) is 17.1 Å². The molecule has 0 amide bonds. The van der Waals surface area contributed by atoms with Crippen molar-refractivity contribution in [3.05, 3.63) is 47.0 Å². The zero-order chi connectivity index (χ0) is 16.3. The van der Waals surface area contributed by atoms with Crippen LogP contribution in [0.25, 0.3) is 5.69 Å². The van der Waals surface area contributed by atoms with Gasteiger partial charge in [0.2, 0.25) is 0 Å². The summed E-state index contributed by atoms with van der Waals surface area (Å²) in [6.45, 7) is 3.87. The quantitative estimate of drug-likeness (QED) is 0.883. The van der Waals surface area contributed by atoms with Gasteiger partial charge in [-0.15, -0.1) is 0 Å². The molecular formula is C16H19FN2O2S. The molecule has 118 valence electrons. The third kappa shape index (κ3) is 3.16. The fraction of sp³-hybridized carbons (Fsp3) is 0.375. The molecule has 0 fully saturated rings. The minimum Gasteiger partial charge on any atom is -0.478 e. The first-order valence-electron chi connectivity index (χ1n) is 7.11. The highest BCUT2D eigenvalue weighted by atomic mass is 32.2. The van der Waals surface area contributed by atoms with Crippen molar-refractivity contribution in [2.24, 2.45) is 0 Å². The molecule has 22 heavy (non-hydrogen) atoms. The molecule has 1 heterocycles. The van der Waals surface area contributed by atoms with Gasteiger partial charge in [0.25, 0.3) is 0 Å². The van der Waals surface area contributed by atoms with E-state index in [0.717, 1.165) is 0 Å².